The van der Waals surface area contributed by atoms with Crippen LogP contribution >= 0.6 is 39.1 Å². The van der Waals surface area contributed by atoms with Gasteiger partial charge in [0.15, 0.2) is 5.78 Å². The lowest BCUT2D eigenvalue weighted by atomic mass is 10.1. The van der Waals surface area contributed by atoms with Gasteiger partial charge in [-0.3, -0.25) is 9.00 Å². The van der Waals surface area contributed by atoms with Gasteiger partial charge in [0, 0.05) is 14.9 Å². The van der Waals surface area contributed by atoms with E-state index in [1.807, 2.05) is 0 Å². The molecule has 0 saturated heterocycles. The maximum atomic E-state index is 12.5. The van der Waals surface area contributed by atoms with Crippen LogP contribution in [0.25, 0.3) is 0 Å². The molecule has 0 saturated carbocycles. The Hall–Kier alpha value is -0.680. The van der Waals surface area contributed by atoms with E-state index in [1.54, 1.807) is 43.3 Å². The third-order valence-corrected chi connectivity index (χ3v) is 5.79. The summed E-state index contributed by atoms with van der Waals surface area (Å²) in [6, 6.07) is 11.7. The molecular formula is C15H11BrCl2O2S. The fourth-order valence-electron chi connectivity index (χ4n) is 1.75. The van der Waals surface area contributed by atoms with Crippen molar-refractivity contribution in [2.24, 2.45) is 0 Å². The predicted molar refractivity (Wildman–Crippen MR) is 90.8 cm³/mol. The van der Waals surface area contributed by atoms with E-state index >= 15 is 0 Å². The van der Waals surface area contributed by atoms with Crippen LogP contribution in [0.3, 0.4) is 0 Å². The molecule has 2 atom stereocenters. The van der Waals surface area contributed by atoms with Crippen LogP contribution < -0.4 is 0 Å². The van der Waals surface area contributed by atoms with E-state index in [0.29, 0.717) is 20.5 Å². The molecule has 0 amide bonds. The highest BCUT2D eigenvalue weighted by Crippen LogP contribution is 2.26. The van der Waals surface area contributed by atoms with E-state index < -0.39 is 16.0 Å². The van der Waals surface area contributed by atoms with Gasteiger partial charge in [-0.15, -0.1) is 0 Å². The molecule has 6 heteroatoms. The van der Waals surface area contributed by atoms with Gasteiger partial charge in [-0.2, -0.15) is 0 Å². The smallest absolute Gasteiger partial charge is 0.178 e. The van der Waals surface area contributed by atoms with Crippen LogP contribution in [0.5, 0.6) is 0 Å². The summed E-state index contributed by atoms with van der Waals surface area (Å²) >= 11 is 15.1. The Morgan fingerprint density at radius 2 is 1.71 bits per heavy atom. The quantitative estimate of drug-likeness (QED) is 0.660. The maximum Gasteiger partial charge on any atom is 0.178 e. The molecular weight excluding hydrogens is 395 g/mol. The summed E-state index contributed by atoms with van der Waals surface area (Å²) in [5, 5.41) is 0.0542. The summed E-state index contributed by atoms with van der Waals surface area (Å²) in [4.78, 5) is 12.8. The average Bonchev–Trinajstić information content (AvgIpc) is 2.48. The monoisotopic (exact) mass is 404 g/mol. The third-order valence-electron chi connectivity index (χ3n) is 2.94. The highest BCUT2D eigenvalue weighted by Gasteiger charge is 2.23. The van der Waals surface area contributed by atoms with Crippen LogP contribution in [0.4, 0.5) is 0 Å². The molecule has 0 radical (unpaired) electrons. The number of hydrogen-bond acceptors (Lipinski definition) is 2. The number of ketones is 1. The van der Waals surface area contributed by atoms with E-state index in [2.05, 4.69) is 15.9 Å². The standard InChI is InChI=1S/C15H11BrCl2O2S/c1-9(15(19)10-2-4-11(16)5-3-10)21(20)12-6-7-13(17)14(18)8-12/h2-9H,1H3. The summed E-state index contributed by atoms with van der Waals surface area (Å²) in [6.07, 6.45) is 0. The minimum atomic E-state index is -1.49. The zero-order valence-electron chi connectivity index (χ0n) is 11.0. The summed E-state index contributed by atoms with van der Waals surface area (Å²) in [6.45, 7) is 1.64. The highest BCUT2D eigenvalue weighted by atomic mass is 79.9. The van der Waals surface area contributed by atoms with Crippen LogP contribution in [0, 0.1) is 0 Å². The lowest BCUT2D eigenvalue weighted by Gasteiger charge is -2.11. The van der Waals surface area contributed by atoms with Crippen molar-refractivity contribution in [1.29, 1.82) is 0 Å². The highest BCUT2D eigenvalue weighted by molar-refractivity contribution is 9.10. The molecule has 0 N–H and O–H groups in total. The lowest BCUT2D eigenvalue weighted by Crippen LogP contribution is -2.22. The van der Waals surface area contributed by atoms with Crippen LogP contribution in [-0.4, -0.2) is 15.2 Å². The fraction of sp³-hybridized carbons (Fsp3) is 0.133. The van der Waals surface area contributed by atoms with E-state index in [1.165, 1.54) is 6.07 Å². The molecule has 0 bridgehead atoms. The Balaban J connectivity index is 2.24. The van der Waals surface area contributed by atoms with Gasteiger partial charge < -0.3 is 0 Å². The zero-order chi connectivity index (χ0) is 15.6. The lowest BCUT2D eigenvalue weighted by molar-refractivity contribution is 0.0992. The van der Waals surface area contributed by atoms with Crippen molar-refractivity contribution < 1.29 is 9.00 Å². The molecule has 0 fully saturated rings. The van der Waals surface area contributed by atoms with Gasteiger partial charge in [-0.25, -0.2) is 0 Å². The van der Waals surface area contributed by atoms with Gasteiger partial charge in [0.2, 0.25) is 0 Å². The second-order valence-electron chi connectivity index (χ2n) is 4.39. The van der Waals surface area contributed by atoms with Crippen molar-refractivity contribution in [3.63, 3.8) is 0 Å². The summed E-state index contributed by atoms with van der Waals surface area (Å²) < 4.78 is 13.4. The first-order chi connectivity index (χ1) is 9.90. The number of Topliss-reactive ketones (excluding diaryl/α,β-unsaturated/α-hetero) is 1. The van der Waals surface area contributed by atoms with Crippen molar-refractivity contribution >= 4 is 55.7 Å². The molecule has 0 aliphatic rings. The van der Waals surface area contributed by atoms with E-state index in [4.69, 9.17) is 23.2 Å². The van der Waals surface area contributed by atoms with Crippen LogP contribution in [0.15, 0.2) is 51.8 Å². The second kappa shape index (κ2) is 7.05. The van der Waals surface area contributed by atoms with Crippen molar-refractivity contribution in [3.8, 4) is 0 Å². The largest absolute Gasteiger partial charge is 0.293 e. The Bertz CT molecular complexity index is 701. The Labute approximate surface area is 144 Å². The number of halogens is 3. The SMILES string of the molecule is CC(C(=O)c1ccc(Br)cc1)S(=O)c1ccc(Cl)c(Cl)c1. The fourth-order valence-corrected chi connectivity index (χ4v) is 3.55. The molecule has 2 aromatic carbocycles. The molecule has 0 aliphatic heterocycles. The summed E-state index contributed by atoms with van der Waals surface area (Å²) in [7, 11) is -1.49. The van der Waals surface area contributed by atoms with E-state index in [-0.39, 0.29) is 5.78 Å². The molecule has 2 aromatic rings. The molecule has 21 heavy (non-hydrogen) atoms. The van der Waals surface area contributed by atoms with Crippen molar-refractivity contribution in [1.82, 2.24) is 0 Å². The van der Waals surface area contributed by atoms with Gasteiger partial charge in [0.1, 0.15) is 0 Å². The Morgan fingerprint density at radius 1 is 1.10 bits per heavy atom. The summed E-state index contributed by atoms with van der Waals surface area (Å²) in [5.41, 5.74) is 0.527. The molecule has 110 valence electrons. The first-order valence-corrected chi connectivity index (χ1v) is 8.81. The molecule has 0 spiro atoms. The van der Waals surface area contributed by atoms with Gasteiger partial charge in [-0.05, 0) is 37.3 Å². The van der Waals surface area contributed by atoms with Crippen molar-refractivity contribution in [2.75, 3.05) is 0 Å². The molecule has 2 nitrogen and oxygen atoms in total. The topological polar surface area (TPSA) is 34.1 Å². The van der Waals surface area contributed by atoms with Gasteiger partial charge in [0.25, 0.3) is 0 Å². The first kappa shape index (κ1) is 16.7. The summed E-state index contributed by atoms with van der Waals surface area (Å²) in [5.74, 6) is -0.174. The number of rotatable bonds is 4. The van der Waals surface area contributed by atoms with Crippen LogP contribution in [0.1, 0.15) is 17.3 Å². The minimum Gasteiger partial charge on any atom is -0.293 e. The molecule has 0 aromatic heterocycles. The van der Waals surface area contributed by atoms with Crippen LogP contribution in [0.2, 0.25) is 10.0 Å². The van der Waals surface area contributed by atoms with E-state index in [9.17, 15) is 9.00 Å². The van der Waals surface area contributed by atoms with Crippen molar-refractivity contribution in [2.45, 2.75) is 17.1 Å². The average molecular weight is 406 g/mol. The molecule has 0 aliphatic carbocycles. The molecule has 2 unspecified atom stereocenters. The maximum absolute atomic E-state index is 12.5. The molecule has 0 heterocycles. The normalized spacial score (nSPS) is 13.7. The van der Waals surface area contributed by atoms with Crippen molar-refractivity contribution in [3.05, 3.63) is 62.5 Å². The molecule has 2 rings (SSSR count). The number of carbonyl (C=O) groups is 1. The second-order valence-corrected chi connectivity index (χ2v) is 7.89. The van der Waals surface area contributed by atoms with Gasteiger partial charge in [-0.1, -0.05) is 51.3 Å². The predicted octanol–water partition coefficient (Wildman–Crippen LogP) is 5.13. The number of carbonyl (C=O) groups excluding carboxylic acids is 1. The van der Waals surface area contributed by atoms with Crippen LogP contribution in [-0.2, 0) is 10.8 Å². The number of hydrogen-bond donors (Lipinski definition) is 0. The third kappa shape index (κ3) is 3.95. The van der Waals surface area contributed by atoms with E-state index in [0.717, 1.165) is 4.47 Å². The van der Waals surface area contributed by atoms with Gasteiger partial charge in [0.05, 0.1) is 26.1 Å². The zero-order valence-corrected chi connectivity index (χ0v) is 14.9. The minimum absolute atomic E-state index is 0.174. The number of benzene rings is 2. The first-order valence-electron chi connectivity index (χ1n) is 6.05. The van der Waals surface area contributed by atoms with Gasteiger partial charge >= 0.3 is 0 Å². The Morgan fingerprint density at radius 3 is 2.29 bits per heavy atom. The Kier molecular flexibility index (Phi) is 5.60.